The van der Waals surface area contributed by atoms with Gasteiger partial charge in [0.25, 0.3) is 0 Å². The van der Waals surface area contributed by atoms with Gasteiger partial charge in [0.15, 0.2) is 9.84 Å². The highest BCUT2D eigenvalue weighted by atomic mass is 32.2. The summed E-state index contributed by atoms with van der Waals surface area (Å²) >= 11 is 0. The topological polar surface area (TPSA) is 54.4 Å². The molecule has 90 valence electrons. The van der Waals surface area contributed by atoms with Crippen LogP contribution in [0.2, 0.25) is 0 Å². The van der Waals surface area contributed by atoms with Gasteiger partial charge in [-0.2, -0.15) is 0 Å². The van der Waals surface area contributed by atoms with E-state index in [-0.39, 0.29) is 12.4 Å². The molecule has 0 fully saturated rings. The van der Waals surface area contributed by atoms with E-state index >= 15 is 0 Å². The quantitative estimate of drug-likeness (QED) is 0.827. The number of benzene rings is 1. The smallest absolute Gasteiger partial charge is 0.178 e. The van der Waals surface area contributed by atoms with Gasteiger partial charge in [-0.1, -0.05) is 25.5 Å². The Hall–Kier alpha value is -0.870. The second-order valence-corrected chi connectivity index (χ2v) is 5.90. The van der Waals surface area contributed by atoms with E-state index in [1.165, 1.54) is 0 Å². The number of rotatable bonds is 6. The lowest BCUT2D eigenvalue weighted by atomic mass is 10.1. The van der Waals surface area contributed by atoms with Crippen LogP contribution in [0.4, 0.5) is 0 Å². The Labute approximate surface area is 97.0 Å². The fraction of sp³-hybridized carbons (Fsp3) is 0.500. The molecule has 0 heterocycles. The van der Waals surface area contributed by atoms with E-state index in [2.05, 4.69) is 6.92 Å². The van der Waals surface area contributed by atoms with Gasteiger partial charge in [0, 0.05) is 6.61 Å². The van der Waals surface area contributed by atoms with Crippen molar-refractivity contribution in [2.45, 2.75) is 31.1 Å². The predicted molar refractivity (Wildman–Crippen MR) is 64.2 cm³/mol. The van der Waals surface area contributed by atoms with Crippen LogP contribution >= 0.6 is 0 Å². The number of hydrogen-bond acceptors (Lipinski definition) is 3. The summed E-state index contributed by atoms with van der Waals surface area (Å²) < 4.78 is 23.5. The maximum absolute atomic E-state index is 11.7. The third-order valence-corrected chi connectivity index (χ3v) is 4.21. The van der Waals surface area contributed by atoms with E-state index in [0.29, 0.717) is 11.3 Å². The molecule has 0 radical (unpaired) electrons. The Morgan fingerprint density at radius 1 is 1.19 bits per heavy atom. The van der Waals surface area contributed by atoms with Crippen molar-refractivity contribution < 1.29 is 13.5 Å². The molecule has 0 bridgehead atoms. The van der Waals surface area contributed by atoms with Crippen molar-refractivity contribution >= 4 is 9.84 Å². The Morgan fingerprint density at radius 3 is 2.31 bits per heavy atom. The van der Waals surface area contributed by atoms with Gasteiger partial charge in [-0.3, -0.25) is 0 Å². The van der Waals surface area contributed by atoms with Crippen LogP contribution in [0.5, 0.6) is 0 Å². The molecule has 0 saturated carbocycles. The molecule has 0 spiro atoms. The number of aliphatic hydroxyl groups is 1. The SMILES string of the molecule is CCCc1ccc(S(=O)(=O)CCCO)cc1. The average Bonchev–Trinajstić information content (AvgIpc) is 2.28. The molecule has 0 aliphatic rings. The fourth-order valence-electron chi connectivity index (χ4n) is 1.52. The fourth-order valence-corrected chi connectivity index (χ4v) is 2.82. The molecule has 1 N–H and O–H groups in total. The van der Waals surface area contributed by atoms with E-state index < -0.39 is 9.84 Å². The summed E-state index contributed by atoms with van der Waals surface area (Å²) in [6.07, 6.45) is 2.31. The van der Waals surface area contributed by atoms with Gasteiger partial charge in [0.2, 0.25) is 0 Å². The van der Waals surface area contributed by atoms with E-state index in [4.69, 9.17) is 5.11 Å². The van der Waals surface area contributed by atoms with Crippen molar-refractivity contribution in [1.29, 1.82) is 0 Å². The number of aryl methyl sites for hydroxylation is 1. The van der Waals surface area contributed by atoms with Crippen LogP contribution in [0.3, 0.4) is 0 Å². The first-order valence-electron chi connectivity index (χ1n) is 5.52. The lowest BCUT2D eigenvalue weighted by molar-refractivity contribution is 0.295. The van der Waals surface area contributed by atoms with Crippen molar-refractivity contribution in [2.75, 3.05) is 12.4 Å². The minimum atomic E-state index is -3.21. The van der Waals surface area contributed by atoms with Gasteiger partial charge in [-0.15, -0.1) is 0 Å². The van der Waals surface area contributed by atoms with E-state index in [9.17, 15) is 8.42 Å². The molecule has 0 amide bonds. The van der Waals surface area contributed by atoms with Crippen molar-refractivity contribution in [3.8, 4) is 0 Å². The second-order valence-electron chi connectivity index (χ2n) is 3.79. The first kappa shape index (κ1) is 13.2. The van der Waals surface area contributed by atoms with Gasteiger partial charge in [-0.25, -0.2) is 8.42 Å². The van der Waals surface area contributed by atoms with Crippen LogP contribution in [-0.2, 0) is 16.3 Å². The Bertz CT molecular complexity index is 406. The standard InChI is InChI=1S/C12H18O3S/c1-2-4-11-5-7-12(8-6-11)16(14,15)10-3-9-13/h5-8,13H,2-4,9-10H2,1H3. The van der Waals surface area contributed by atoms with Crippen LogP contribution < -0.4 is 0 Å². The second kappa shape index (κ2) is 6.01. The highest BCUT2D eigenvalue weighted by Crippen LogP contribution is 2.14. The minimum Gasteiger partial charge on any atom is -0.396 e. The Morgan fingerprint density at radius 2 is 1.81 bits per heavy atom. The zero-order valence-electron chi connectivity index (χ0n) is 9.52. The molecule has 16 heavy (non-hydrogen) atoms. The lowest BCUT2D eigenvalue weighted by Crippen LogP contribution is -2.08. The zero-order valence-corrected chi connectivity index (χ0v) is 10.3. The van der Waals surface area contributed by atoms with Crippen molar-refractivity contribution in [3.05, 3.63) is 29.8 Å². The van der Waals surface area contributed by atoms with Crippen LogP contribution in [-0.4, -0.2) is 25.9 Å². The third kappa shape index (κ3) is 3.61. The van der Waals surface area contributed by atoms with Crippen LogP contribution in [0.25, 0.3) is 0 Å². The number of sulfone groups is 1. The molecule has 0 unspecified atom stereocenters. The van der Waals surface area contributed by atoms with Crippen LogP contribution in [0.15, 0.2) is 29.2 Å². The highest BCUT2D eigenvalue weighted by Gasteiger charge is 2.13. The highest BCUT2D eigenvalue weighted by molar-refractivity contribution is 7.91. The van der Waals surface area contributed by atoms with E-state index in [0.717, 1.165) is 18.4 Å². The van der Waals surface area contributed by atoms with Crippen molar-refractivity contribution in [1.82, 2.24) is 0 Å². The summed E-state index contributed by atoms with van der Waals surface area (Å²) in [7, 11) is -3.21. The normalized spacial score (nSPS) is 11.6. The molecule has 3 nitrogen and oxygen atoms in total. The first-order chi connectivity index (χ1) is 7.60. The molecule has 1 rings (SSSR count). The molecular formula is C12H18O3S. The first-order valence-corrected chi connectivity index (χ1v) is 7.18. The summed E-state index contributed by atoms with van der Waals surface area (Å²) in [5.74, 6) is 0.0105. The molecular weight excluding hydrogens is 224 g/mol. The molecule has 4 heteroatoms. The summed E-state index contributed by atoms with van der Waals surface area (Å²) in [5.41, 5.74) is 1.16. The number of hydrogen-bond donors (Lipinski definition) is 1. The van der Waals surface area contributed by atoms with Gasteiger partial charge >= 0.3 is 0 Å². The van der Waals surface area contributed by atoms with Crippen LogP contribution in [0, 0.1) is 0 Å². The molecule has 1 aromatic rings. The van der Waals surface area contributed by atoms with Gasteiger partial charge in [0.05, 0.1) is 10.6 Å². The maximum Gasteiger partial charge on any atom is 0.178 e. The zero-order chi connectivity index (χ0) is 12.0. The van der Waals surface area contributed by atoms with Gasteiger partial charge < -0.3 is 5.11 Å². The van der Waals surface area contributed by atoms with Crippen molar-refractivity contribution in [3.63, 3.8) is 0 Å². The number of aliphatic hydroxyl groups excluding tert-OH is 1. The summed E-state index contributed by atoms with van der Waals surface area (Å²) in [6.45, 7) is 2.00. The average molecular weight is 242 g/mol. The Kier molecular flexibility index (Phi) is 4.96. The summed E-state index contributed by atoms with van der Waals surface area (Å²) in [4.78, 5) is 0.348. The molecule has 0 aromatic heterocycles. The van der Waals surface area contributed by atoms with E-state index in [1.54, 1.807) is 12.1 Å². The molecule has 0 aliphatic carbocycles. The maximum atomic E-state index is 11.7. The summed E-state index contributed by atoms with van der Waals surface area (Å²) in [5, 5.41) is 8.63. The third-order valence-electron chi connectivity index (χ3n) is 2.39. The molecule has 0 atom stereocenters. The minimum absolute atomic E-state index is 0.0105. The predicted octanol–water partition coefficient (Wildman–Crippen LogP) is 1.80. The lowest BCUT2D eigenvalue weighted by Gasteiger charge is -2.04. The molecule has 1 aromatic carbocycles. The van der Waals surface area contributed by atoms with Crippen molar-refractivity contribution in [2.24, 2.45) is 0 Å². The largest absolute Gasteiger partial charge is 0.396 e. The van der Waals surface area contributed by atoms with Crippen LogP contribution in [0.1, 0.15) is 25.3 Å². The monoisotopic (exact) mass is 242 g/mol. The summed E-state index contributed by atoms with van der Waals surface area (Å²) in [6, 6.07) is 7.01. The Balaban J connectivity index is 2.80. The van der Waals surface area contributed by atoms with Gasteiger partial charge in [-0.05, 0) is 30.5 Å². The molecule has 0 saturated heterocycles. The molecule has 0 aliphatic heterocycles. The van der Waals surface area contributed by atoms with E-state index in [1.807, 2.05) is 12.1 Å². The van der Waals surface area contributed by atoms with Gasteiger partial charge in [0.1, 0.15) is 0 Å².